The Morgan fingerprint density at radius 3 is 2.56 bits per heavy atom. The highest BCUT2D eigenvalue weighted by Gasteiger charge is 2.31. The van der Waals surface area contributed by atoms with E-state index < -0.39 is 32.6 Å². The number of sulfone groups is 1. The fourth-order valence-electron chi connectivity index (χ4n) is 1.54. The summed E-state index contributed by atoms with van der Waals surface area (Å²) < 4.78 is 37.7. The standard InChI is InChI=1S/C11H12BrFO4S/c1-2-10(11(14)15)18(16,17)6-7-3-4-8(12)5-9(7)13/h3-5,10H,2,6H2,1H3,(H,14,15). The minimum absolute atomic E-state index is 0.0297. The van der Waals surface area contributed by atoms with Gasteiger partial charge in [0.25, 0.3) is 0 Å². The molecule has 18 heavy (non-hydrogen) atoms. The lowest BCUT2D eigenvalue weighted by atomic mass is 10.2. The van der Waals surface area contributed by atoms with Crippen LogP contribution in [0.4, 0.5) is 4.39 Å². The number of rotatable bonds is 5. The van der Waals surface area contributed by atoms with Crippen LogP contribution in [0, 0.1) is 5.82 Å². The molecule has 0 radical (unpaired) electrons. The number of benzene rings is 1. The van der Waals surface area contributed by atoms with Crippen LogP contribution in [-0.4, -0.2) is 24.7 Å². The second-order valence-corrected chi connectivity index (χ2v) is 6.88. The van der Waals surface area contributed by atoms with E-state index >= 15 is 0 Å². The molecule has 1 rings (SSSR count). The predicted molar refractivity (Wildman–Crippen MR) is 68.4 cm³/mol. The summed E-state index contributed by atoms with van der Waals surface area (Å²) in [4.78, 5) is 10.8. The number of hydrogen-bond acceptors (Lipinski definition) is 3. The topological polar surface area (TPSA) is 71.4 Å². The van der Waals surface area contributed by atoms with Crippen molar-refractivity contribution in [2.45, 2.75) is 24.3 Å². The molecule has 0 fully saturated rings. The van der Waals surface area contributed by atoms with Crippen molar-refractivity contribution in [1.29, 1.82) is 0 Å². The first-order chi connectivity index (χ1) is 8.27. The molecule has 1 unspecified atom stereocenters. The first-order valence-electron chi connectivity index (χ1n) is 5.16. The van der Waals surface area contributed by atoms with Gasteiger partial charge in [0.1, 0.15) is 5.82 Å². The van der Waals surface area contributed by atoms with Gasteiger partial charge >= 0.3 is 5.97 Å². The molecule has 4 nitrogen and oxygen atoms in total. The lowest BCUT2D eigenvalue weighted by molar-refractivity contribution is -0.136. The predicted octanol–water partition coefficient (Wildman–Crippen LogP) is 2.37. The molecule has 0 spiro atoms. The molecule has 1 N–H and O–H groups in total. The maximum Gasteiger partial charge on any atom is 0.321 e. The van der Waals surface area contributed by atoms with Gasteiger partial charge in [0.15, 0.2) is 15.1 Å². The molecule has 7 heteroatoms. The monoisotopic (exact) mass is 338 g/mol. The number of halogens is 2. The van der Waals surface area contributed by atoms with Crippen molar-refractivity contribution in [1.82, 2.24) is 0 Å². The zero-order chi connectivity index (χ0) is 13.9. The molecule has 0 heterocycles. The maximum absolute atomic E-state index is 13.5. The van der Waals surface area contributed by atoms with Crippen molar-refractivity contribution in [2.75, 3.05) is 0 Å². The number of carbonyl (C=O) groups is 1. The molecule has 0 aliphatic carbocycles. The van der Waals surface area contributed by atoms with Gasteiger partial charge in [0, 0.05) is 10.0 Å². The quantitative estimate of drug-likeness (QED) is 0.894. The molecule has 0 aliphatic heterocycles. The highest BCUT2D eigenvalue weighted by Crippen LogP contribution is 2.20. The first kappa shape index (κ1) is 15.1. The van der Waals surface area contributed by atoms with Crippen molar-refractivity contribution < 1.29 is 22.7 Å². The van der Waals surface area contributed by atoms with E-state index in [4.69, 9.17) is 5.11 Å². The van der Waals surface area contributed by atoms with Gasteiger partial charge in [-0.1, -0.05) is 28.9 Å². The molecule has 0 aromatic heterocycles. The van der Waals surface area contributed by atoms with E-state index in [0.29, 0.717) is 4.47 Å². The molecule has 1 aromatic rings. The molecule has 1 aromatic carbocycles. The molecule has 0 bridgehead atoms. The first-order valence-corrected chi connectivity index (χ1v) is 7.67. The van der Waals surface area contributed by atoms with E-state index in [-0.39, 0.29) is 12.0 Å². The molecule has 0 amide bonds. The second-order valence-electron chi connectivity index (χ2n) is 3.78. The lowest BCUT2D eigenvalue weighted by Gasteiger charge is -2.11. The fourth-order valence-corrected chi connectivity index (χ4v) is 3.56. The van der Waals surface area contributed by atoms with Gasteiger partial charge in [-0.3, -0.25) is 4.79 Å². The lowest BCUT2D eigenvalue weighted by Crippen LogP contribution is -2.30. The minimum atomic E-state index is -3.91. The van der Waals surface area contributed by atoms with Gasteiger partial charge in [0.2, 0.25) is 0 Å². The Morgan fingerprint density at radius 1 is 1.50 bits per heavy atom. The Bertz CT molecular complexity index is 556. The molecule has 0 saturated carbocycles. The third kappa shape index (κ3) is 3.52. The average Bonchev–Trinajstić information content (AvgIpc) is 2.22. The van der Waals surface area contributed by atoms with Gasteiger partial charge in [-0.25, -0.2) is 12.8 Å². The van der Waals surface area contributed by atoms with Crippen LogP contribution < -0.4 is 0 Å². The summed E-state index contributed by atoms with van der Waals surface area (Å²) in [5.74, 6) is -2.69. The van der Waals surface area contributed by atoms with Gasteiger partial charge in [-0.05, 0) is 18.6 Å². The normalized spacial score (nSPS) is 13.3. The Morgan fingerprint density at radius 2 is 2.11 bits per heavy atom. The van der Waals surface area contributed by atoms with Crippen LogP contribution in [0.25, 0.3) is 0 Å². The van der Waals surface area contributed by atoms with Crippen molar-refractivity contribution in [2.24, 2.45) is 0 Å². The zero-order valence-electron chi connectivity index (χ0n) is 9.56. The van der Waals surface area contributed by atoms with Crippen molar-refractivity contribution in [3.8, 4) is 0 Å². The zero-order valence-corrected chi connectivity index (χ0v) is 12.0. The van der Waals surface area contributed by atoms with Crippen molar-refractivity contribution in [3.05, 3.63) is 34.1 Å². The van der Waals surface area contributed by atoms with Crippen LogP contribution in [0.5, 0.6) is 0 Å². The Balaban J connectivity index is 3.05. The van der Waals surface area contributed by atoms with E-state index in [1.54, 1.807) is 0 Å². The molecular formula is C11H12BrFO4S. The second kappa shape index (κ2) is 5.79. The van der Waals surface area contributed by atoms with E-state index in [0.717, 1.165) is 6.07 Å². The third-order valence-electron chi connectivity index (χ3n) is 2.45. The smallest absolute Gasteiger partial charge is 0.321 e. The Labute approximate surface area is 113 Å². The van der Waals surface area contributed by atoms with E-state index in [2.05, 4.69) is 15.9 Å². The summed E-state index contributed by atoms with van der Waals surface area (Å²) in [6, 6.07) is 3.98. The van der Waals surface area contributed by atoms with Crippen LogP contribution in [0.1, 0.15) is 18.9 Å². The molecule has 100 valence electrons. The number of carboxylic acid groups (broad SMARTS) is 1. The Hall–Kier alpha value is -0.950. The number of carboxylic acids is 1. The van der Waals surface area contributed by atoms with Gasteiger partial charge in [0.05, 0.1) is 5.75 Å². The molecule has 0 saturated heterocycles. The van der Waals surface area contributed by atoms with Crippen LogP contribution in [0.3, 0.4) is 0 Å². The SMILES string of the molecule is CCC(C(=O)O)S(=O)(=O)Cc1ccc(Br)cc1F. The van der Waals surface area contributed by atoms with Crippen LogP contribution >= 0.6 is 15.9 Å². The van der Waals surface area contributed by atoms with Gasteiger partial charge in [-0.15, -0.1) is 0 Å². The van der Waals surface area contributed by atoms with Gasteiger partial charge in [-0.2, -0.15) is 0 Å². The number of aliphatic carboxylic acids is 1. The molecule has 0 aliphatic rings. The average molecular weight is 339 g/mol. The van der Waals surface area contributed by atoms with E-state index in [9.17, 15) is 17.6 Å². The minimum Gasteiger partial charge on any atom is -0.480 e. The summed E-state index contributed by atoms with van der Waals surface area (Å²) in [7, 11) is -3.91. The fraction of sp³-hybridized carbons (Fsp3) is 0.364. The summed E-state index contributed by atoms with van der Waals surface area (Å²) in [6.07, 6.45) is -0.0458. The van der Waals surface area contributed by atoms with Crippen LogP contribution in [0.2, 0.25) is 0 Å². The summed E-state index contributed by atoms with van der Waals surface area (Å²) in [6.45, 7) is 1.47. The largest absolute Gasteiger partial charge is 0.480 e. The summed E-state index contributed by atoms with van der Waals surface area (Å²) >= 11 is 3.06. The highest BCUT2D eigenvalue weighted by atomic mass is 79.9. The van der Waals surface area contributed by atoms with Crippen LogP contribution in [-0.2, 0) is 20.4 Å². The third-order valence-corrected chi connectivity index (χ3v) is 5.06. The van der Waals surface area contributed by atoms with Crippen LogP contribution in [0.15, 0.2) is 22.7 Å². The maximum atomic E-state index is 13.5. The van der Waals surface area contributed by atoms with Gasteiger partial charge < -0.3 is 5.11 Å². The highest BCUT2D eigenvalue weighted by molar-refractivity contribution is 9.10. The molecule has 1 atom stereocenters. The molecular weight excluding hydrogens is 327 g/mol. The number of hydrogen-bond donors (Lipinski definition) is 1. The van der Waals surface area contributed by atoms with Crippen molar-refractivity contribution >= 4 is 31.7 Å². The van der Waals surface area contributed by atoms with E-state index in [1.165, 1.54) is 19.1 Å². The van der Waals surface area contributed by atoms with E-state index in [1.807, 2.05) is 0 Å². The summed E-state index contributed by atoms with van der Waals surface area (Å²) in [5, 5.41) is 7.32. The Kier molecular flexibility index (Phi) is 4.86. The van der Waals surface area contributed by atoms with Crippen molar-refractivity contribution in [3.63, 3.8) is 0 Å². The summed E-state index contributed by atoms with van der Waals surface area (Å²) in [5.41, 5.74) is -0.0297.